The Kier molecular flexibility index (Phi) is 6.85. The molecule has 3 N–H and O–H groups in total. The van der Waals surface area contributed by atoms with Crippen molar-refractivity contribution in [1.82, 2.24) is 0 Å². The summed E-state index contributed by atoms with van der Waals surface area (Å²) < 4.78 is 0. The van der Waals surface area contributed by atoms with E-state index in [-0.39, 0.29) is 24.4 Å². The molecule has 1 amide bonds. The fraction of sp³-hybridized carbons (Fsp3) is 0.462. The van der Waals surface area contributed by atoms with Gasteiger partial charge in [0.05, 0.1) is 0 Å². The molecule has 3 nitrogen and oxygen atoms in total. The van der Waals surface area contributed by atoms with Crippen LogP contribution in [0.3, 0.4) is 0 Å². The van der Waals surface area contributed by atoms with E-state index in [1.165, 1.54) is 0 Å². The molecule has 4 heteroatoms. The van der Waals surface area contributed by atoms with Crippen LogP contribution in [-0.2, 0) is 4.79 Å². The molecule has 1 atom stereocenters. The van der Waals surface area contributed by atoms with E-state index in [1.807, 2.05) is 39.0 Å². The van der Waals surface area contributed by atoms with Crippen LogP contribution in [0.5, 0.6) is 0 Å². The van der Waals surface area contributed by atoms with Crippen molar-refractivity contribution < 1.29 is 4.79 Å². The molecule has 0 bridgehead atoms. The highest BCUT2D eigenvalue weighted by molar-refractivity contribution is 5.92. The second kappa shape index (κ2) is 7.30. The number of anilines is 1. The lowest BCUT2D eigenvalue weighted by molar-refractivity contribution is -0.116. The normalized spacial score (nSPS) is 11.5. The van der Waals surface area contributed by atoms with Gasteiger partial charge in [-0.15, -0.1) is 12.4 Å². The highest BCUT2D eigenvalue weighted by Crippen LogP contribution is 2.19. The first-order valence-electron chi connectivity index (χ1n) is 5.66. The third-order valence-corrected chi connectivity index (χ3v) is 2.72. The number of hydrogen-bond donors (Lipinski definition) is 2. The standard InChI is InChI=1S/C13H20N2O.ClH/c1-4-11(14)8-12(16)15-13-9(2)6-5-7-10(13)3;/h5-7,11H,4,8,14H2,1-3H3,(H,15,16);1H. The van der Waals surface area contributed by atoms with Gasteiger partial charge in [0.15, 0.2) is 0 Å². The molecule has 0 aromatic heterocycles. The summed E-state index contributed by atoms with van der Waals surface area (Å²) in [5.74, 6) is -0.00764. The Balaban J connectivity index is 0.00000256. The molecule has 1 unspecified atom stereocenters. The Morgan fingerprint density at radius 3 is 2.35 bits per heavy atom. The first kappa shape index (κ1) is 15.9. The van der Waals surface area contributed by atoms with Gasteiger partial charge >= 0.3 is 0 Å². The van der Waals surface area contributed by atoms with Crippen LogP contribution in [0.25, 0.3) is 0 Å². The Morgan fingerprint density at radius 1 is 1.35 bits per heavy atom. The van der Waals surface area contributed by atoms with Gasteiger partial charge in [0.25, 0.3) is 0 Å². The van der Waals surface area contributed by atoms with Gasteiger partial charge < -0.3 is 11.1 Å². The van der Waals surface area contributed by atoms with Gasteiger partial charge in [0, 0.05) is 18.2 Å². The Hall–Kier alpha value is -1.06. The van der Waals surface area contributed by atoms with Crippen LogP contribution < -0.4 is 11.1 Å². The number of nitrogens with one attached hydrogen (secondary N) is 1. The molecule has 1 rings (SSSR count). The van der Waals surface area contributed by atoms with Crippen molar-refractivity contribution in [3.8, 4) is 0 Å². The number of nitrogens with two attached hydrogens (primary N) is 1. The topological polar surface area (TPSA) is 55.1 Å². The number of halogens is 1. The number of carbonyl (C=O) groups is 1. The maximum atomic E-state index is 11.7. The zero-order valence-corrected chi connectivity index (χ0v) is 11.4. The number of hydrogen-bond acceptors (Lipinski definition) is 2. The summed E-state index contributed by atoms with van der Waals surface area (Å²) in [6, 6.07) is 5.91. The maximum absolute atomic E-state index is 11.7. The maximum Gasteiger partial charge on any atom is 0.225 e. The Morgan fingerprint density at radius 2 is 1.88 bits per heavy atom. The molecular formula is C13H21ClN2O. The summed E-state index contributed by atoms with van der Waals surface area (Å²) >= 11 is 0. The van der Waals surface area contributed by atoms with Crippen molar-refractivity contribution in [2.24, 2.45) is 5.73 Å². The van der Waals surface area contributed by atoms with Gasteiger partial charge in [-0.1, -0.05) is 25.1 Å². The molecular weight excluding hydrogens is 236 g/mol. The van der Waals surface area contributed by atoms with Crippen LogP contribution in [0.4, 0.5) is 5.69 Å². The fourth-order valence-electron chi connectivity index (χ4n) is 1.58. The van der Waals surface area contributed by atoms with Gasteiger partial charge in [-0.25, -0.2) is 0 Å². The van der Waals surface area contributed by atoms with E-state index in [9.17, 15) is 4.79 Å². The van der Waals surface area contributed by atoms with Crippen molar-refractivity contribution in [1.29, 1.82) is 0 Å². The van der Waals surface area contributed by atoms with Gasteiger partial charge in [0.2, 0.25) is 5.91 Å². The highest BCUT2D eigenvalue weighted by Gasteiger charge is 2.10. The Bertz CT molecular complexity index is 359. The van der Waals surface area contributed by atoms with Crippen molar-refractivity contribution in [2.75, 3.05) is 5.32 Å². The first-order chi connectivity index (χ1) is 7.54. The molecule has 1 aromatic rings. The third-order valence-electron chi connectivity index (χ3n) is 2.72. The summed E-state index contributed by atoms with van der Waals surface area (Å²) in [4.78, 5) is 11.7. The van der Waals surface area contributed by atoms with Crippen molar-refractivity contribution in [2.45, 2.75) is 39.7 Å². The predicted molar refractivity (Wildman–Crippen MR) is 74.7 cm³/mol. The average molecular weight is 257 g/mol. The van der Waals surface area contributed by atoms with Gasteiger partial charge in [-0.05, 0) is 31.4 Å². The fourth-order valence-corrected chi connectivity index (χ4v) is 1.58. The molecule has 0 fully saturated rings. The smallest absolute Gasteiger partial charge is 0.225 e. The van der Waals surface area contributed by atoms with Gasteiger partial charge in [-0.3, -0.25) is 4.79 Å². The number of para-hydroxylation sites is 1. The van der Waals surface area contributed by atoms with E-state index in [0.29, 0.717) is 6.42 Å². The van der Waals surface area contributed by atoms with Gasteiger partial charge in [0.1, 0.15) is 0 Å². The minimum atomic E-state index is -0.0516. The van der Waals surface area contributed by atoms with Crippen LogP contribution >= 0.6 is 12.4 Å². The van der Waals surface area contributed by atoms with Gasteiger partial charge in [-0.2, -0.15) is 0 Å². The second-order valence-corrected chi connectivity index (χ2v) is 4.19. The number of carbonyl (C=O) groups excluding carboxylic acids is 1. The largest absolute Gasteiger partial charge is 0.327 e. The van der Waals surface area contributed by atoms with Crippen LogP contribution in [0.15, 0.2) is 18.2 Å². The summed E-state index contributed by atoms with van der Waals surface area (Å²) in [6.45, 7) is 5.96. The van der Waals surface area contributed by atoms with E-state index in [4.69, 9.17) is 5.73 Å². The first-order valence-corrected chi connectivity index (χ1v) is 5.66. The molecule has 0 saturated heterocycles. The lowest BCUT2D eigenvalue weighted by Gasteiger charge is -2.13. The molecule has 0 spiro atoms. The summed E-state index contributed by atoms with van der Waals surface area (Å²) in [5.41, 5.74) is 8.82. The Labute approximate surface area is 109 Å². The molecule has 0 aliphatic carbocycles. The minimum absolute atomic E-state index is 0. The van der Waals surface area contributed by atoms with Crippen LogP contribution in [0, 0.1) is 13.8 Å². The second-order valence-electron chi connectivity index (χ2n) is 4.19. The lowest BCUT2D eigenvalue weighted by Crippen LogP contribution is -2.26. The summed E-state index contributed by atoms with van der Waals surface area (Å²) in [6.07, 6.45) is 1.20. The number of benzene rings is 1. The lowest BCUT2D eigenvalue weighted by atomic mass is 10.1. The van der Waals surface area contributed by atoms with Crippen LogP contribution in [-0.4, -0.2) is 11.9 Å². The van der Waals surface area contributed by atoms with Crippen molar-refractivity contribution >= 4 is 24.0 Å². The molecule has 1 aromatic carbocycles. The zero-order valence-electron chi connectivity index (χ0n) is 10.6. The van der Waals surface area contributed by atoms with E-state index in [2.05, 4.69) is 5.32 Å². The molecule has 0 heterocycles. The molecule has 0 aliphatic rings. The quantitative estimate of drug-likeness (QED) is 0.870. The van der Waals surface area contributed by atoms with E-state index < -0.39 is 0 Å². The molecule has 0 radical (unpaired) electrons. The highest BCUT2D eigenvalue weighted by atomic mass is 35.5. The number of aryl methyl sites for hydroxylation is 2. The third kappa shape index (κ3) is 4.75. The summed E-state index contributed by atoms with van der Waals surface area (Å²) in [7, 11) is 0. The minimum Gasteiger partial charge on any atom is -0.327 e. The summed E-state index contributed by atoms with van der Waals surface area (Å²) in [5, 5.41) is 2.92. The number of rotatable bonds is 4. The van der Waals surface area contributed by atoms with E-state index in [1.54, 1.807) is 0 Å². The molecule has 96 valence electrons. The SMILES string of the molecule is CCC(N)CC(=O)Nc1c(C)cccc1C.Cl. The van der Waals surface area contributed by atoms with E-state index >= 15 is 0 Å². The number of amides is 1. The van der Waals surface area contributed by atoms with Crippen LogP contribution in [0.2, 0.25) is 0 Å². The van der Waals surface area contributed by atoms with E-state index in [0.717, 1.165) is 23.2 Å². The predicted octanol–water partition coefficient (Wildman–Crippen LogP) is 2.79. The molecule has 0 saturated carbocycles. The zero-order chi connectivity index (χ0) is 12.1. The molecule has 17 heavy (non-hydrogen) atoms. The van der Waals surface area contributed by atoms with Crippen molar-refractivity contribution in [3.63, 3.8) is 0 Å². The average Bonchev–Trinajstić information content (AvgIpc) is 2.23. The van der Waals surface area contributed by atoms with Crippen LogP contribution in [0.1, 0.15) is 30.9 Å². The molecule has 0 aliphatic heterocycles. The van der Waals surface area contributed by atoms with Crippen molar-refractivity contribution in [3.05, 3.63) is 29.3 Å². The monoisotopic (exact) mass is 256 g/mol.